The summed E-state index contributed by atoms with van der Waals surface area (Å²) >= 11 is 7.40. The van der Waals surface area contributed by atoms with Crippen LogP contribution in [0.2, 0.25) is 5.02 Å². The van der Waals surface area contributed by atoms with Crippen LogP contribution in [0.5, 0.6) is 0 Å². The number of amides is 1. The van der Waals surface area contributed by atoms with Gasteiger partial charge in [0.15, 0.2) is 5.16 Å². The lowest BCUT2D eigenvalue weighted by molar-refractivity contribution is -0.115. The van der Waals surface area contributed by atoms with Gasteiger partial charge in [-0.2, -0.15) is 0 Å². The van der Waals surface area contributed by atoms with Gasteiger partial charge in [-0.1, -0.05) is 41.6 Å². The minimum atomic E-state index is -0.448. The van der Waals surface area contributed by atoms with Crippen LogP contribution < -0.4 is 10.9 Å². The highest BCUT2D eigenvalue weighted by atomic mass is 35.5. The molecule has 2 aromatic carbocycles. The van der Waals surface area contributed by atoms with Crippen LogP contribution in [-0.4, -0.2) is 20.7 Å². The number of fused-ring (bicyclic) bond motifs is 1. The molecule has 0 aliphatic rings. The van der Waals surface area contributed by atoms with Crippen LogP contribution in [0, 0.1) is 6.92 Å². The first kappa shape index (κ1) is 20.4. The van der Waals surface area contributed by atoms with E-state index in [2.05, 4.69) is 10.3 Å². The van der Waals surface area contributed by atoms with Gasteiger partial charge < -0.3 is 5.32 Å². The zero-order valence-electron chi connectivity index (χ0n) is 16.2. The van der Waals surface area contributed by atoms with Crippen molar-refractivity contribution < 1.29 is 4.79 Å². The molecule has 1 heterocycles. The number of nitrogens with one attached hydrogen (secondary N) is 1. The molecule has 146 valence electrons. The maximum atomic E-state index is 12.9. The van der Waals surface area contributed by atoms with E-state index in [1.54, 1.807) is 29.7 Å². The number of hydrogen-bond acceptors (Lipinski definition) is 4. The topological polar surface area (TPSA) is 64.0 Å². The van der Waals surface area contributed by atoms with Crippen molar-refractivity contribution in [3.05, 3.63) is 63.4 Å². The second kappa shape index (κ2) is 8.37. The van der Waals surface area contributed by atoms with Crippen molar-refractivity contribution in [2.75, 3.05) is 5.32 Å². The van der Waals surface area contributed by atoms with Crippen LogP contribution in [-0.2, 0) is 4.79 Å². The van der Waals surface area contributed by atoms with Gasteiger partial charge in [0, 0.05) is 16.8 Å². The third-order valence-electron chi connectivity index (χ3n) is 4.47. The van der Waals surface area contributed by atoms with Crippen LogP contribution in [0.4, 0.5) is 5.69 Å². The standard InChI is InChI=1S/C21H22ClN3O2S/c1-12(2)25-20(27)15-8-5-6-10-18(15)24-21(25)28-14(4)19(26)23-17-11-7-9-16(22)13(17)3/h5-12,14H,1-4H3,(H,23,26)/t14-/m0/s1. The molecule has 0 unspecified atom stereocenters. The van der Waals surface area contributed by atoms with Crippen molar-refractivity contribution in [3.8, 4) is 0 Å². The van der Waals surface area contributed by atoms with E-state index >= 15 is 0 Å². The summed E-state index contributed by atoms with van der Waals surface area (Å²) in [6.45, 7) is 7.52. The van der Waals surface area contributed by atoms with Gasteiger partial charge in [-0.25, -0.2) is 4.98 Å². The second-order valence-electron chi connectivity index (χ2n) is 6.84. The van der Waals surface area contributed by atoms with Gasteiger partial charge in [-0.15, -0.1) is 0 Å². The van der Waals surface area contributed by atoms with Gasteiger partial charge >= 0.3 is 0 Å². The number of thioether (sulfide) groups is 1. The molecule has 7 heteroatoms. The molecule has 0 aliphatic heterocycles. The number of carbonyl (C=O) groups excluding carboxylic acids is 1. The minimum absolute atomic E-state index is 0.0717. The van der Waals surface area contributed by atoms with Gasteiger partial charge in [0.2, 0.25) is 5.91 Å². The van der Waals surface area contributed by atoms with E-state index in [1.807, 2.05) is 45.0 Å². The van der Waals surface area contributed by atoms with Gasteiger partial charge in [0.05, 0.1) is 16.2 Å². The predicted molar refractivity (Wildman–Crippen MR) is 117 cm³/mol. The third-order valence-corrected chi connectivity index (χ3v) is 5.94. The lowest BCUT2D eigenvalue weighted by Gasteiger charge is -2.19. The first-order chi connectivity index (χ1) is 13.3. The van der Waals surface area contributed by atoms with Crippen LogP contribution >= 0.6 is 23.4 Å². The summed E-state index contributed by atoms with van der Waals surface area (Å²) in [5.41, 5.74) is 2.03. The molecule has 1 atom stereocenters. The molecule has 0 saturated heterocycles. The number of halogens is 1. The predicted octanol–water partition coefficient (Wildman–Crippen LogP) is 5.06. The Morgan fingerprint density at radius 1 is 1.14 bits per heavy atom. The Kier molecular flexibility index (Phi) is 6.10. The fraction of sp³-hybridized carbons (Fsp3) is 0.286. The Bertz CT molecular complexity index is 1090. The summed E-state index contributed by atoms with van der Waals surface area (Å²) in [4.78, 5) is 30.3. The SMILES string of the molecule is Cc1c(Cl)cccc1NC(=O)[C@H](C)Sc1nc2ccccc2c(=O)n1C(C)C. The first-order valence-electron chi connectivity index (χ1n) is 9.03. The molecule has 1 amide bonds. The Labute approximate surface area is 173 Å². The highest BCUT2D eigenvalue weighted by Gasteiger charge is 2.21. The van der Waals surface area contributed by atoms with Crippen LogP contribution in [0.1, 0.15) is 32.4 Å². The Balaban J connectivity index is 1.91. The van der Waals surface area contributed by atoms with E-state index in [0.29, 0.717) is 26.8 Å². The molecule has 0 radical (unpaired) electrons. The first-order valence-corrected chi connectivity index (χ1v) is 10.3. The molecule has 0 spiro atoms. The van der Waals surface area contributed by atoms with Crippen LogP contribution in [0.15, 0.2) is 52.4 Å². The Morgan fingerprint density at radius 2 is 1.86 bits per heavy atom. The lowest BCUT2D eigenvalue weighted by Crippen LogP contribution is -2.28. The van der Waals surface area contributed by atoms with Gasteiger partial charge in [-0.05, 0) is 57.5 Å². The molecule has 0 aliphatic carbocycles. The van der Waals surface area contributed by atoms with Crippen LogP contribution in [0.3, 0.4) is 0 Å². The van der Waals surface area contributed by atoms with E-state index in [9.17, 15) is 9.59 Å². The van der Waals surface area contributed by atoms with E-state index < -0.39 is 5.25 Å². The minimum Gasteiger partial charge on any atom is -0.325 e. The summed E-state index contributed by atoms with van der Waals surface area (Å²) in [7, 11) is 0. The summed E-state index contributed by atoms with van der Waals surface area (Å²) in [5.74, 6) is -0.173. The highest BCUT2D eigenvalue weighted by Crippen LogP contribution is 2.27. The molecule has 1 N–H and O–H groups in total. The fourth-order valence-corrected chi connectivity index (χ4v) is 4.07. The number of anilines is 1. The van der Waals surface area contributed by atoms with Crippen molar-refractivity contribution in [2.45, 2.75) is 44.1 Å². The summed E-state index contributed by atoms with van der Waals surface area (Å²) in [6.07, 6.45) is 0. The quantitative estimate of drug-likeness (QED) is 0.467. The lowest BCUT2D eigenvalue weighted by atomic mass is 10.2. The molecule has 0 saturated carbocycles. The van der Waals surface area contributed by atoms with E-state index in [1.165, 1.54) is 11.8 Å². The average molecular weight is 416 g/mol. The maximum absolute atomic E-state index is 12.9. The van der Waals surface area contributed by atoms with Crippen molar-refractivity contribution in [1.82, 2.24) is 9.55 Å². The number of carbonyl (C=O) groups is 1. The largest absolute Gasteiger partial charge is 0.325 e. The summed E-state index contributed by atoms with van der Waals surface area (Å²) in [5, 5.41) is 4.17. The second-order valence-corrected chi connectivity index (χ2v) is 8.56. The van der Waals surface area contributed by atoms with Crippen molar-refractivity contribution in [1.29, 1.82) is 0 Å². The molecular weight excluding hydrogens is 394 g/mol. The fourth-order valence-electron chi connectivity index (χ4n) is 2.85. The van der Waals surface area contributed by atoms with Gasteiger partial charge in [0.1, 0.15) is 0 Å². The normalized spacial score (nSPS) is 12.4. The zero-order chi connectivity index (χ0) is 20.4. The molecule has 5 nitrogen and oxygen atoms in total. The van der Waals surface area contributed by atoms with Crippen molar-refractivity contribution in [2.24, 2.45) is 0 Å². The average Bonchev–Trinajstić information content (AvgIpc) is 2.65. The number of benzene rings is 2. The smallest absolute Gasteiger partial charge is 0.262 e. The number of nitrogens with zero attached hydrogens (tertiary/aromatic N) is 2. The molecule has 3 aromatic rings. The maximum Gasteiger partial charge on any atom is 0.262 e. The molecule has 1 aromatic heterocycles. The van der Waals surface area contributed by atoms with Crippen molar-refractivity contribution in [3.63, 3.8) is 0 Å². The third kappa shape index (κ3) is 4.08. The van der Waals surface area contributed by atoms with Gasteiger partial charge in [0.25, 0.3) is 5.56 Å². The van der Waals surface area contributed by atoms with E-state index in [0.717, 1.165) is 5.56 Å². The Hall–Kier alpha value is -2.31. The van der Waals surface area contributed by atoms with Gasteiger partial charge in [-0.3, -0.25) is 14.2 Å². The molecule has 0 bridgehead atoms. The number of para-hydroxylation sites is 1. The molecule has 28 heavy (non-hydrogen) atoms. The highest BCUT2D eigenvalue weighted by molar-refractivity contribution is 8.00. The number of aromatic nitrogens is 2. The molecule has 3 rings (SSSR count). The number of hydrogen-bond donors (Lipinski definition) is 1. The monoisotopic (exact) mass is 415 g/mol. The molecular formula is C21H22ClN3O2S. The van der Waals surface area contributed by atoms with Crippen LogP contribution in [0.25, 0.3) is 10.9 Å². The summed E-state index contributed by atoms with van der Waals surface area (Å²) < 4.78 is 1.64. The van der Waals surface area contributed by atoms with E-state index in [-0.39, 0.29) is 17.5 Å². The zero-order valence-corrected chi connectivity index (χ0v) is 17.8. The van der Waals surface area contributed by atoms with Crippen molar-refractivity contribution >= 4 is 45.9 Å². The van der Waals surface area contributed by atoms with E-state index in [4.69, 9.17) is 11.6 Å². The summed E-state index contributed by atoms with van der Waals surface area (Å²) in [6, 6.07) is 12.6. The molecule has 0 fully saturated rings. The number of rotatable bonds is 5. The Morgan fingerprint density at radius 3 is 2.57 bits per heavy atom.